The quantitative estimate of drug-likeness (QED) is 0.0479. The van der Waals surface area contributed by atoms with Crippen molar-refractivity contribution < 1.29 is 24.3 Å². The lowest BCUT2D eigenvalue weighted by atomic mass is 10.1. The van der Waals surface area contributed by atoms with Gasteiger partial charge in [0.05, 0.1) is 6.04 Å². The van der Waals surface area contributed by atoms with Crippen molar-refractivity contribution in [2.75, 3.05) is 25.4 Å². The van der Waals surface area contributed by atoms with Crippen molar-refractivity contribution in [2.24, 2.45) is 27.9 Å². The standard InChI is InChI=1S/C17H34N8O5S/c18-6-2-1-4-11(15(29)23-8-13(26)27)25-16(30)12(5-3-7-22-17(20)21)24-14(28)10(19)9-31/h10-12,31H,1-9,18-19H2,(H,23,29)(H,24,28)(H,25,30)(H,26,27)(H4,20,21,22). The number of aliphatic imine (C=N–C) groups is 1. The lowest BCUT2D eigenvalue weighted by molar-refractivity contribution is -0.138. The van der Waals surface area contributed by atoms with Crippen LogP contribution in [0.15, 0.2) is 4.99 Å². The number of hydrogen-bond donors (Lipinski definition) is 9. The van der Waals surface area contributed by atoms with Crippen LogP contribution in [0.2, 0.25) is 0 Å². The van der Waals surface area contributed by atoms with Crippen molar-refractivity contribution in [2.45, 2.75) is 50.2 Å². The fourth-order valence-corrected chi connectivity index (χ4v) is 2.62. The van der Waals surface area contributed by atoms with Gasteiger partial charge in [-0.3, -0.25) is 24.2 Å². The molecule has 3 unspecified atom stereocenters. The zero-order valence-corrected chi connectivity index (χ0v) is 18.3. The van der Waals surface area contributed by atoms with Gasteiger partial charge in [-0.05, 0) is 38.6 Å². The molecule has 0 fully saturated rings. The van der Waals surface area contributed by atoms with E-state index in [2.05, 4.69) is 33.6 Å². The van der Waals surface area contributed by atoms with Gasteiger partial charge in [0.1, 0.15) is 18.6 Å². The summed E-state index contributed by atoms with van der Waals surface area (Å²) >= 11 is 3.96. The van der Waals surface area contributed by atoms with Gasteiger partial charge in [-0.1, -0.05) is 0 Å². The van der Waals surface area contributed by atoms with E-state index < -0.39 is 48.4 Å². The van der Waals surface area contributed by atoms with E-state index in [9.17, 15) is 19.2 Å². The van der Waals surface area contributed by atoms with Crippen molar-refractivity contribution in [1.29, 1.82) is 0 Å². The summed E-state index contributed by atoms with van der Waals surface area (Å²) in [7, 11) is 0. The van der Waals surface area contributed by atoms with E-state index in [-0.39, 0.29) is 31.1 Å². The maximum absolute atomic E-state index is 12.8. The molecule has 0 radical (unpaired) electrons. The van der Waals surface area contributed by atoms with Crippen molar-refractivity contribution in [3.8, 4) is 0 Å². The molecule has 0 saturated heterocycles. The van der Waals surface area contributed by atoms with Crippen LogP contribution in [-0.2, 0) is 19.2 Å². The predicted octanol–water partition coefficient (Wildman–Crippen LogP) is -3.40. The lowest BCUT2D eigenvalue weighted by Gasteiger charge is -2.24. The molecule has 12 N–H and O–H groups in total. The topological polar surface area (TPSA) is 241 Å². The summed E-state index contributed by atoms with van der Waals surface area (Å²) in [6.45, 7) is 0.0553. The Bertz CT molecular complexity index is 630. The van der Waals surface area contributed by atoms with Gasteiger partial charge in [0.25, 0.3) is 0 Å². The van der Waals surface area contributed by atoms with Crippen LogP contribution in [-0.4, -0.2) is 78.3 Å². The van der Waals surface area contributed by atoms with Gasteiger partial charge in [0.2, 0.25) is 17.7 Å². The first-order valence-electron chi connectivity index (χ1n) is 9.84. The van der Waals surface area contributed by atoms with E-state index >= 15 is 0 Å². The van der Waals surface area contributed by atoms with Gasteiger partial charge in [-0.25, -0.2) is 0 Å². The molecule has 0 aliphatic rings. The molecule has 0 aromatic carbocycles. The van der Waals surface area contributed by atoms with Gasteiger partial charge in [0.15, 0.2) is 5.96 Å². The molecular weight excluding hydrogens is 428 g/mol. The zero-order valence-electron chi connectivity index (χ0n) is 17.4. The molecule has 0 heterocycles. The van der Waals surface area contributed by atoms with Crippen LogP contribution in [0.4, 0.5) is 0 Å². The number of carbonyl (C=O) groups is 4. The molecule has 0 aliphatic carbocycles. The largest absolute Gasteiger partial charge is 0.480 e. The Hall–Kier alpha value is -2.58. The van der Waals surface area contributed by atoms with Crippen LogP contribution in [0, 0.1) is 0 Å². The number of nitrogens with two attached hydrogens (primary N) is 4. The summed E-state index contributed by atoms with van der Waals surface area (Å²) in [4.78, 5) is 51.8. The summed E-state index contributed by atoms with van der Waals surface area (Å²) in [6, 6.07) is -2.92. The number of unbranched alkanes of at least 4 members (excludes halogenated alkanes) is 1. The Morgan fingerprint density at radius 1 is 0.935 bits per heavy atom. The normalized spacial score (nSPS) is 13.4. The Morgan fingerprint density at radius 2 is 1.52 bits per heavy atom. The Morgan fingerprint density at radius 3 is 2.06 bits per heavy atom. The predicted molar refractivity (Wildman–Crippen MR) is 119 cm³/mol. The highest BCUT2D eigenvalue weighted by atomic mass is 32.1. The molecule has 0 aromatic heterocycles. The lowest BCUT2D eigenvalue weighted by Crippen LogP contribution is -2.56. The second-order valence-electron chi connectivity index (χ2n) is 6.76. The second-order valence-corrected chi connectivity index (χ2v) is 7.12. The monoisotopic (exact) mass is 462 g/mol. The first-order valence-corrected chi connectivity index (χ1v) is 10.5. The van der Waals surface area contributed by atoms with Gasteiger partial charge in [-0.15, -0.1) is 0 Å². The van der Waals surface area contributed by atoms with Crippen LogP contribution in [0.25, 0.3) is 0 Å². The van der Waals surface area contributed by atoms with E-state index in [1.165, 1.54) is 0 Å². The van der Waals surface area contributed by atoms with E-state index in [0.29, 0.717) is 25.8 Å². The number of carboxylic acid groups (broad SMARTS) is 1. The fourth-order valence-electron chi connectivity index (χ4n) is 2.45. The third kappa shape index (κ3) is 13.4. The van der Waals surface area contributed by atoms with Gasteiger partial charge in [-0.2, -0.15) is 12.6 Å². The molecule has 178 valence electrons. The third-order valence-electron chi connectivity index (χ3n) is 4.11. The number of rotatable bonds is 16. The maximum Gasteiger partial charge on any atom is 0.322 e. The number of nitrogens with one attached hydrogen (secondary N) is 3. The summed E-state index contributed by atoms with van der Waals surface area (Å²) in [5.74, 6) is -3.08. The van der Waals surface area contributed by atoms with Crippen LogP contribution in [0.1, 0.15) is 32.1 Å². The summed E-state index contributed by atoms with van der Waals surface area (Å²) in [5, 5.41) is 16.1. The van der Waals surface area contributed by atoms with E-state index in [1.807, 2.05) is 0 Å². The Labute approximate surface area is 186 Å². The molecular formula is C17H34N8O5S. The first-order chi connectivity index (χ1) is 14.6. The third-order valence-corrected chi connectivity index (χ3v) is 4.50. The molecule has 3 amide bonds. The molecule has 3 atom stereocenters. The average Bonchev–Trinajstić information content (AvgIpc) is 2.72. The maximum atomic E-state index is 12.8. The minimum atomic E-state index is -1.22. The molecule has 0 aliphatic heterocycles. The molecule has 0 aromatic rings. The number of nitrogens with zero attached hydrogens (tertiary/aromatic N) is 1. The molecule has 0 rings (SSSR count). The summed E-state index contributed by atoms with van der Waals surface area (Å²) in [6.07, 6.45) is 1.95. The van der Waals surface area contributed by atoms with Crippen LogP contribution < -0.4 is 38.9 Å². The van der Waals surface area contributed by atoms with Crippen LogP contribution in [0.5, 0.6) is 0 Å². The zero-order chi connectivity index (χ0) is 23.8. The highest BCUT2D eigenvalue weighted by Gasteiger charge is 2.27. The van der Waals surface area contributed by atoms with Crippen LogP contribution in [0.3, 0.4) is 0 Å². The van der Waals surface area contributed by atoms with Crippen molar-refractivity contribution in [1.82, 2.24) is 16.0 Å². The Kier molecular flexibility index (Phi) is 14.8. The minimum absolute atomic E-state index is 0.0769. The molecule has 14 heteroatoms. The number of amides is 3. The molecule has 0 bridgehead atoms. The van der Waals surface area contributed by atoms with Crippen molar-refractivity contribution in [3.05, 3.63) is 0 Å². The van der Waals surface area contributed by atoms with Crippen molar-refractivity contribution >= 4 is 42.3 Å². The summed E-state index contributed by atoms with van der Waals surface area (Å²) < 4.78 is 0. The second kappa shape index (κ2) is 16.2. The first kappa shape index (κ1) is 28.4. The number of hydrogen-bond acceptors (Lipinski definition) is 8. The molecule has 13 nitrogen and oxygen atoms in total. The number of carbonyl (C=O) groups excluding carboxylic acids is 3. The number of guanidine groups is 1. The highest BCUT2D eigenvalue weighted by Crippen LogP contribution is 2.05. The number of thiol groups is 1. The van der Waals surface area contributed by atoms with Crippen LogP contribution >= 0.6 is 12.6 Å². The van der Waals surface area contributed by atoms with Gasteiger partial charge in [0, 0.05) is 12.3 Å². The van der Waals surface area contributed by atoms with Gasteiger partial charge < -0.3 is 44.0 Å². The SMILES string of the molecule is NCCCCC(NC(=O)C(CCCN=C(N)N)NC(=O)C(N)CS)C(=O)NCC(=O)O. The summed E-state index contributed by atoms with van der Waals surface area (Å²) in [5.41, 5.74) is 21.7. The fraction of sp³-hybridized carbons (Fsp3) is 0.706. The van der Waals surface area contributed by atoms with E-state index in [1.54, 1.807) is 0 Å². The highest BCUT2D eigenvalue weighted by molar-refractivity contribution is 7.80. The average molecular weight is 463 g/mol. The van der Waals surface area contributed by atoms with E-state index in [0.717, 1.165) is 0 Å². The number of carboxylic acids is 1. The molecule has 0 spiro atoms. The van der Waals surface area contributed by atoms with Gasteiger partial charge >= 0.3 is 5.97 Å². The molecule has 31 heavy (non-hydrogen) atoms. The molecule has 0 saturated carbocycles. The van der Waals surface area contributed by atoms with E-state index in [4.69, 9.17) is 28.0 Å². The minimum Gasteiger partial charge on any atom is -0.480 e. The Balaban J connectivity index is 5.25. The smallest absolute Gasteiger partial charge is 0.322 e. The number of aliphatic carboxylic acids is 1. The van der Waals surface area contributed by atoms with Crippen molar-refractivity contribution in [3.63, 3.8) is 0 Å².